The van der Waals surface area contributed by atoms with Gasteiger partial charge in [-0.25, -0.2) is 4.99 Å². The molecule has 0 aromatic heterocycles. The van der Waals surface area contributed by atoms with Gasteiger partial charge >= 0.3 is 11.9 Å². The van der Waals surface area contributed by atoms with Gasteiger partial charge in [0.2, 0.25) is 5.91 Å². The molecule has 1 rings (SSSR count). The monoisotopic (exact) mass is 379 g/mol. The van der Waals surface area contributed by atoms with Gasteiger partial charge in [0.1, 0.15) is 0 Å². The van der Waals surface area contributed by atoms with Crippen molar-refractivity contribution in [3.05, 3.63) is 29.8 Å². The van der Waals surface area contributed by atoms with Crippen LogP contribution in [0.15, 0.2) is 29.3 Å². The first-order valence-corrected chi connectivity index (χ1v) is 7.77. The lowest BCUT2D eigenvalue weighted by molar-refractivity contribution is -0.142. The zero-order valence-corrected chi connectivity index (χ0v) is 14.6. The number of rotatable bonds is 9. The maximum Gasteiger partial charge on any atom is 0.307 e. The van der Waals surface area contributed by atoms with Gasteiger partial charge < -0.3 is 31.9 Å². The number of nitrogens with one attached hydrogen (secondary N) is 2. The predicted octanol–water partition coefficient (Wildman–Crippen LogP) is -1.16. The van der Waals surface area contributed by atoms with E-state index in [4.69, 9.17) is 16.6 Å². The highest BCUT2D eigenvalue weighted by atomic mass is 16.5. The molecule has 0 radical (unpaired) electrons. The van der Waals surface area contributed by atoms with Crippen molar-refractivity contribution in [3.8, 4) is 0 Å². The van der Waals surface area contributed by atoms with Crippen LogP contribution >= 0.6 is 0 Å². The van der Waals surface area contributed by atoms with E-state index in [1.165, 1.54) is 12.1 Å². The zero-order valence-electron chi connectivity index (χ0n) is 14.6. The molecule has 1 atom stereocenters. The fourth-order valence-corrected chi connectivity index (χ4v) is 2.08. The smallest absolute Gasteiger partial charge is 0.307 e. The Labute approximate surface area is 154 Å². The lowest BCUT2D eigenvalue weighted by atomic mass is 10.1. The molecule has 27 heavy (non-hydrogen) atoms. The molecule has 1 aromatic carbocycles. The van der Waals surface area contributed by atoms with Crippen LogP contribution in [0.3, 0.4) is 0 Å². The van der Waals surface area contributed by atoms with Crippen molar-refractivity contribution < 1.29 is 29.0 Å². The number of esters is 1. The summed E-state index contributed by atoms with van der Waals surface area (Å²) >= 11 is 0. The SMILES string of the molecule is COC(=O)CC(CC(=O)O)NC(=O)CNC(=O)c1cccc(N=C(N)N)c1. The summed E-state index contributed by atoms with van der Waals surface area (Å²) in [5.41, 5.74) is 11.1. The van der Waals surface area contributed by atoms with Crippen molar-refractivity contribution in [2.75, 3.05) is 13.7 Å². The molecular formula is C16H21N5O6. The van der Waals surface area contributed by atoms with Crippen LogP contribution in [-0.2, 0) is 19.1 Å². The molecule has 0 bridgehead atoms. The number of carboxylic acid groups (broad SMARTS) is 1. The number of amides is 2. The molecule has 0 fully saturated rings. The number of benzene rings is 1. The van der Waals surface area contributed by atoms with E-state index in [0.717, 1.165) is 7.11 Å². The minimum atomic E-state index is -1.19. The fourth-order valence-electron chi connectivity index (χ4n) is 2.08. The number of methoxy groups -OCH3 is 1. The van der Waals surface area contributed by atoms with Crippen LogP contribution in [0.5, 0.6) is 0 Å². The number of hydrogen-bond donors (Lipinski definition) is 5. The van der Waals surface area contributed by atoms with Crippen LogP contribution in [0, 0.1) is 0 Å². The minimum Gasteiger partial charge on any atom is -0.481 e. The summed E-state index contributed by atoms with van der Waals surface area (Å²) in [5, 5.41) is 13.6. The molecule has 0 aliphatic carbocycles. The van der Waals surface area contributed by atoms with E-state index in [0.29, 0.717) is 5.69 Å². The Morgan fingerprint density at radius 1 is 1.22 bits per heavy atom. The van der Waals surface area contributed by atoms with Gasteiger partial charge in [-0.2, -0.15) is 0 Å². The van der Waals surface area contributed by atoms with Crippen molar-refractivity contribution in [1.29, 1.82) is 0 Å². The third-order valence-corrected chi connectivity index (χ3v) is 3.20. The zero-order chi connectivity index (χ0) is 20.4. The molecule has 0 spiro atoms. The number of nitrogens with zero attached hydrogens (tertiary/aromatic N) is 1. The van der Waals surface area contributed by atoms with E-state index in [-0.39, 0.29) is 17.9 Å². The number of nitrogens with two attached hydrogens (primary N) is 2. The average Bonchev–Trinajstić information content (AvgIpc) is 2.58. The maximum atomic E-state index is 12.1. The van der Waals surface area contributed by atoms with Gasteiger partial charge in [-0.05, 0) is 18.2 Å². The standard InChI is InChI=1S/C16H21N5O6/c1-27-14(25)7-11(6-13(23)24)20-12(22)8-19-15(26)9-3-2-4-10(5-9)21-16(17)18/h2-5,11H,6-8H2,1H3,(H,19,26)(H,20,22)(H,23,24)(H4,17,18,21). The summed E-state index contributed by atoms with van der Waals surface area (Å²) in [7, 11) is 1.15. The van der Waals surface area contributed by atoms with Crippen molar-refractivity contribution in [3.63, 3.8) is 0 Å². The molecular weight excluding hydrogens is 358 g/mol. The quantitative estimate of drug-likeness (QED) is 0.202. The summed E-state index contributed by atoms with van der Waals surface area (Å²) in [6, 6.07) is 5.13. The van der Waals surface area contributed by atoms with Crippen LogP contribution < -0.4 is 22.1 Å². The Morgan fingerprint density at radius 2 is 1.93 bits per heavy atom. The summed E-state index contributed by atoms with van der Waals surface area (Å²) in [4.78, 5) is 49.9. The maximum absolute atomic E-state index is 12.1. The molecule has 0 saturated carbocycles. The van der Waals surface area contributed by atoms with E-state index in [1.807, 2.05) is 0 Å². The normalized spacial score (nSPS) is 11.0. The molecule has 7 N–H and O–H groups in total. The second kappa shape index (κ2) is 10.4. The largest absolute Gasteiger partial charge is 0.481 e. The van der Waals surface area contributed by atoms with Crippen molar-refractivity contribution in [2.45, 2.75) is 18.9 Å². The van der Waals surface area contributed by atoms with Gasteiger partial charge in [-0.3, -0.25) is 19.2 Å². The molecule has 11 nitrogen and oxygen atoms in total. The minimum absolute atomic E-state index is 0.165. The number of carboxylic acids is 1. The molecule has 0 saturated heterocycles. The molecule has 0 heterocycles. The second-order valence-electron chi connectivity index (χ2n) is 5.41. The Kier molecular flexibility index (Phi) is 8.23. The third kappa shape index (κ3) is 8.34. The van der Waals surface area contributed by atoms with Crippen LogP contribution in [0.25, 0.3) is 0 Å². The number of carbonyl (C=O) groups excluding carboxylic acids is 3. The molecule has 11 heteroatoms. The first-order valence-electron chi connectivity index (χ1n) is 7.77. The third-order valence-electron chi connectivity index (χ3n) is 3.20. The average molecular weight is 379 g/mol. The Morgan fingerprint density at radius 3 is 2.52 bits per heavy atom. The van der Waals surface area contributed by atoms with Crippen molar-refractivity contribution in [1.82, 2.24) is 10.6 Å². The molecule has 0 aliphatic heterocycles. The Hall–Kier alpha value is -3.63. The van der Waals surface area contributed by atoms with E-state index in [1.54, 1.807) is 12.1 Å². The molecule has 146 valence electrons. The predicted molar refractivity (Wildman–Crippen MR) is 95.1 cm³/mol. The molecule has 2 amide bonds. The molecule has 1 aromatic rings. The lowest BCUT2D eigenvalue weighted by Gasteiger charge is -2.16. The topological polar surface area (TPSA) is 186 Å². The van der Waals surface area contributed by atoms with Crippen molar-refractivity contribution in [2.24, 2.45) is 16.5 Å². The number of aliphatic imine (C=N–C) groups is 1. The number of ether oxygens (including phenoxy) is 1. The summed E-state index contributed by atoms with van der Waals surface area (Å²) in [5.74, 6) is -3.23. The van der Waals surface area contributed by atoms with Gasteiger partial charge in [0.15, 0.2) is 5.96 Å². The van der Waals surface area contributed by atoms with Gasteiger partial charge in [0, 0.05) is 11.6 Å². The van der Waals surface area contributed by atoms with E-state index in [2.05, 4.69) is 20.4 Å². The Bertz CT molecular complexity index is 745. The highest BCUT2D eigenvalue weighted by Gasteiger charge is 2.20. The fraction of sp³-hybridized carbons (Fsp3) is 0.312. The van der Waals surface area contributed by atoms with Gasteiger partial charge in [0.25, 0.3) is 5.91 Å². The van der Waals surface area contributed by atoms with Crippen LogP contribution in [-0.4, -0.2) is 54.5 Å². The van der Waals surface area contributed by atoms with E-state index < -0.39 is 42.8 Å². The van der Waals surface area contributed by atoms with Crippen molar-refractivity contribution >= 4 is 35.4 Å². The van der Waals surface area contributed by atoms with Gasteiger partial charge in [-0.1, -0.05) is 6.07 Å². The molecule has 1 unspecified atom stereocenters. The number of aliphatic carboxylic acids is 1. The lowest BCUT2D eigenvalue weighted by Crippen LogP contribution is -2.43. The number of carbonyl (C=O) groups is 4. The Balaban J connectivity index is 2.63. The van der Waals surface area contributed by atoms with Gasteiger partial charge in [-0.15, -0.1) is 0 Å². The number of hydrogen-bond acceptors (Lipinski definition) is 6. The molecule has 0 aliphatic rings. The second-order valence-corrected chi connectivity index (χ2v) is 5.41. The summed E-state index contributed by atoms with van der Waals surface area (Å²) < 4.78 is 4.46. The van der Waals surface area contributed by atoms with Crippen LogP contribution in [0.4, 0.5) is 5.69 Å². The first-order chi connectivity index (χ1) is 12.7. The first kappa shape index (κ1) is 21.4. The van der Waals surface area contributed by atoms with E-state index >= 15 is 0 Å². The number of guanidine groups is 1. The van der Waals surface area contributed by atoms with Crippen LogP contribution in [0.1, 0.15) is 23.2 Å². The highest BCUT2D eigenvalue weighted by Crippen LogP contribution is 2.13. The highest BCUT2D eigenvalue weighted by molar-refractivity contribution is 5.97. The summed E-state index contributed by atoms with van der Waals surface area (Å²) in [6.07, 6.45) is -0.765. The van der Waals surface area contributed by atoms with E-state index in [9.17, 15) is 19.2 Å². The summed E-state index contributed by atoms with van der Waals surface area (Å²) in [6.45, 7) is -0.414. The van der Waals surface area contributed by atoms with Crippen LogP contribution in [0.2, 0.25) is 0 Å². The van der Waals surface area contributed by atoms with Gasteiger partial charge in [0.05, 0.1) is 32.2 Å².